The van der Waals surface area contributed by atoms with Gasteiger partial charge in [-0.05, 0) is 25.1 Å². The standard InChI is InChI=1S/C14H20N2O5S/c1-5-13(17)21-10(2)14(18)15-11-7-6-8-12(9-11)22(19,20)16(3)4/h6-10H,5H2,1-4H3,(H,15,18)/t10-/m1/s1. The lowest BCUT2D eigenvalue weighted by molar-refractivity contribution is -0.152. The highest BCUT2D eigenvalue weighted by molar-refractivity contribution is 7.89. The van der Waals surface area contributed by atoms with Crippen LogP contribution in [0.1, 0.15) is 20.3 Å². The molecule has 0 saturated heterocycles. The van der Waals surface area contributed by atoms with Gasteiger partial charge in [0.15, 0.2) is 6.10 Å². The smallest absolute Gasteiger partial charge is 0.306 e. The topological polar surface area (TPSA) is 92.8 Å². The van der Waals surface area contributed by atoms with Gasteiger partial charge in [0.1, 0.15) is 0 Å². The number of esters is 1. The second-order valence-corrected chi connectivity index (χ2v) is 6.94. The molecule has 0 aliphatic carbocycles. The third-order valence-corrected chi connectivity index (χ3v) is 4.66. The summed E-state index contributed by atoms with van der Waals surface area (Å²) >= 11 is 0. The molecule has 0 unspecified atom stereocenters. The van der Waals surface area contributed by atoms with Gasteiger partial charge in [-0.25, -0.2) is 12.7 Å². The molecule has 1 aromatic carbocycles. The van der Waals surface area contributed by atoms with Crippen LogP contribution in [-0.2, 0) is 24.3 Å². The third kappa shape index (κ3) is 4.54. The van der Waals surface area contributed by atoms with Crippen molar-refractivity contribution in [1.82, 2.24) is 4.31 Å². The van der Waals surface area contributed by atoms with Crippen molar-refractivity contribution in [2.45, 2.75) is 31.3 Å². The van der Waals surface area contributed by atoms with Gasteiger partial charge in [-0.15, -0.1) is 0 Å². The minimum atomic E-state index is -3.58. The molecule has 0 fully saturated rings. The summed E-state index contributed by atoms with van der Waals surface area (Å²) in [5.41, 5.74) is 0.312. The lowest BCUT2D eigenvalue weighted by Crippen LogP contribution is -2.30. The first-order chi connectivity index (χ1) is 10.2. The van der Waals surface area contributed by atoms with Gasteiger partial charge in [-0.3, -0.25) is 9.59 Å². The van der Waals surface area contributed by atoms with Gasteiger partial charge in [0.05, 0.1) is 4.90 Å². The first-order valence-electron chi connectivity index (χ1n) is 6.71. The zero-order valence-corrected chi connectivity index (χ0v) is 13.8. The van der Waals surface area contributed by atoms with Crippen LogP contribution in [-0.4, -0.2) is 44.8 Å². The normalized spacial score (nSPS) is 12.8. The first-order valence-corrected chi connectivity index (χ1v) is 8.15. The van der Waals surface area contributed by atoms with Gasteiger partial charge in [0.2, 0.25) is 10.0 Å². The molecule has 0 radical (unpaired) electrons. The first kappa shape index (κ1) is 18.1. The Morgan fingerprint density at radius 1 is 1.32 bits per heavy atom. The van der Waals surface area contributed by atoms with E-state index in [1.165, 1.54) is 39.2 Å². The highest BCUT2D eigenvalue weighted by Gasteiger charge is 2.20. The van der Waals surface area contributed by atoms with Crippen molar-refractivity contribution in [3.63, 3.8) is 0 Å². The van der Waals surface area contributed by atoms with Crippen LogP contribution < -0.4 is 5.32 Å². The Balaban J connectivity index is 2.88. The van der Waals surface area contributed by atoms with Crippen LogP contribution in [0.25, 0.3) is 0 Å². The van der Waals surface area contributed by atoms with E-state index in [2.05, 4.69) is 5.32 Å². The molecule has 0 bridgehead atoms. The van der Waals surface area contributed by atoms with E-state index in [-0.39, 0.29) is 11.3 Å². The number of carbonyl (C=O) groups excluding carboxylic acids is 2. The lowest BCUT2D eigenvalue weighted by atomic mass is 10.3. The van der Waals surface area contributed by atoms with E-state index >= 15 is 0 Å². The van der Waals surface area contributed by atoms with Crippen LogP contribution in [0.15, 0.2) is 29.2 Å². The van der Waals surface area contributed by atoms with Crippen molar-refractivity contribution in [2.24, 2.45) is 0 Å². The van der Waals surface area contributed by atoms with E-state index < -0.39 is 28.0 Å². The van der Waals surface area contributed by atoms with Crippen molar-refractivity contribution in [2.75, 3.05) is 19.4 Å². The predicted octanol–water partition coefficient (Wildman–Crippen LogP) is 1.22. The quantitative estimate of drug-likeness (QED) is 0.793. The van der Waals surface area contributed by atoms with E-state index in [0.29, 0.717) is 5.69 Å². The molecule has 122 valence electrons. The number of amides is 1. The number of hydrogen-bond donors (Lipinski definition) is 1. The van der Waals surface area contributed by atoms with Gasteiger partial charge in [-0.1, -0.05) is 13.0 Å². The van der Waals surface area contributed by atoms with Crippen LogP contribution >= 0.6 is 0 Å². The summed E-state index contributed by atoms with van der Waals surface area (Å²) in [4.78, 5) is 23.1. The molecule has 0 saturated carbocycles. The molecule has 0 heterocycles. The molecule has 8 heteroatoms. The fraction of sp³-hybridized carbons (Fsp3) is 0.429. The molecular weight excluding hydrogens is 308 g/mol. The Bertz CT molecular complexity index is 655. The summed E-state index contributed by atoms with van der Waals surface area (Å²) in [5, 5.41) is 2.52. The Morgan fingerprint density at radius 3 is 2.50 bits per heavy atom. The second kappa shape index (κ2) is 7.37. The number of hydrogen-bond acceptors (Lipinski definition) is 5. The number of nitrogens with one attached hydrogen (secondary N) is 1. The summed E-state index contributed by atoms with van der Waals surface area (Å²) in [7, 11) is -0.735. The Kier molecular flexibility index (Phi) is 6.07. The number of carbonyl (C=O) groups is 2. The van der Waals surface area contributed by atoms with Gasteiger partial charge in [0.25, 0.3) is 5.91 Å². The average Bonchev–Trinajstić information content (AvgIpc) is 2.46. The van der Waals surface area contributed by atoms with Crippen LogP contribution in [0.2, 0.25) is 0 Å². The number of benzene rings is 1. The van der Waals surface area contributed by atoms with Gasteiger partial charge in [0, 0.05) is 26.2 Å². The van der Waals surface area contributed by atoms with Crippen molar-refractivity contribution in [3.05, 3.63) is 24.3 Å². The number of ether oxygens (including phenoxy) is 1. The highest BCUT2D eigenvalue weighted by Crippen LogP contribution is 2.18. The van der Waals surface area contributed by atoms with Crippen molar-refractivity contribution in [3.8, 4) is 0 Å². The van der Waals surface area contributed by atoms with E-state index in [1.807, 2.05) is 0 Å². The molecule has 1 amide bonds. The van der Waals surface area contributed by atoms with Crippen LogP contribution in [0.5, 0.6) is 0 Å². The summed E-state index contributed by atoms with van der Waals surface area (Å²) in [6.45, 7) is 3.08. The van der Waals surface area contributed by atoms with E-state index in [4.69, 9.17) is 4.74 Å². The molecule has 1 rings (SSSR count). The fourth-order valence-corrected chi connectivity index (χ4v) is 2.47. The van der Waals surface area contributed by atoms with Crippen molar-refractivity contribution < 1.29 is 22.7 Å². The van der Waals surface area contributed by atoms with Crippen molar-refractivity contribution in [1.29, 1.82) is 0 Å². The highest BCUT2D eigenvalue weighted by atomic mass is 32.2. The number of anilines is 1. The largest absolute Gasteiger partial charge is 0.453 e. The number of nitrogens with zero attached hydrogens (tertiary/aromatic N) is 1. The predicted molar refractivity (Wildman–Crippen MR) is 81.8 cm³/mol. The third-order valence-electron chi connectivity index (χ3n) is 2.85. The van der Waals surface area contributed by atoms with E-state index in [1.54, 1.807) is 13.0 Å². The van der Waals surface area contributed by atoms with E-state index in [0.717, 1.165) is 4.31 Å². The summed E-state index contributed by atoms with van der Waals surface area (Å²) in [6.07, 6.45) is -0.782. The van der Waals surface area contributed by atoms with Crippen LogP contribution in [0.4, 0.5) is 5.69 Å². The monoisotopic (exact) mass is 328 g/mol. The van der Waals surface area contributed by atoms with E-state index in [9.17, 15) is 18.0 Å². The number of rotatable bonds is 6. The van der Waals surface area contributed by atoms with Gasteiger partial charge in [-0.2, -0.15) is 0 Å². The maximum Gasteiger partial charge on any atom is 0.306 e. The summed E-state index contributed by atoms with van der Waals surface area (Å²) in [5.74, 6) is -1.01. The summed E-state index contributed by atoms with van der Waals surface area (Å²) < 4.78 is 30.0. The maximum atomic E-state index is 12.0. The lowest BCUT2D eigenvalue weighted by Gasteiger charge is -2.15. The van der Waals surface area contributed by atoms with Crippen molar-refractivity contribution >= 4 is 27.6 Å². The fourth-order valence-electron chi connectivity index (χ4n) is 1.52. The molecule has 1 N–H and O–H groups in total. The van der Waals surface area contributed by atoms with Gasteiger partial charge >= 0.3 is 5.97 Å². The second-order valence-electron chi connectivity index (χ2n) is 4.79. The minimum Gasteiger partial charge on any atom is -0.453 e. The molecule has 0 aromatic heterocycles. The Morgan fingerprint density at radius 2 is 1.95 bits per heavy atom. The zero-order valence-electron chi connectivity index (χ0n) is 13.0. The molecule has 0 aliphatic heterocycles. The number of sulfonamides is 1. The minimum absolute atomic E-state index is 0.0634. The summed E-state index contributed by atoms with van der Waals surface area (Å²) in [6, 6.07) is 5.86. The maximum absolute atomic E-state index is 12.0. The Hall–Kier alpha value is -1.93. The van der Waals surface area contributed by atoms with Crippen LogP contribution in [0.3, 0.4) is 0 Å². The zero-order chi connectivity index (χ0) is 16.9. The molecule has 1 aromatic rings. The molecular formula is C14H20N2O5S. The SMILES string of the molecule is CCC(=O)O[C@H](C)C(=O)Nc1cccc(S(=O)(=O)N(C)C)c1. The molecule has 0 aliphatic rings. The molecule has 1 atom stereocenters. The molecule has 0 spiro atoms. The molecule has 22 heavy (non-hydrogen) atoms. The molecule has 7 nitrogen and oxygen atoms in total. The van der Waals surface area contributed by atoms with Crippen LogP contribution in [0, 0.1) is 0 Å². The Labute approximate surface area is 130 Å². The van der Waals surface area contributed by atoms with Gasteiger partial charge < -0.3 is 10.1 Å². The average molecular weight is 328 g/mol.